The summed E-state index contributed by atoms with van der Waals surface area (Å²) in [5.41, 5.74) is 4.44. The molecule has 1 saturated heterocycles. The number of ether oxygens (including phenoxy) is 2. The summed E-state index contributed by atoms with van der Waals surface area (Å²) < 4.78 is 10.8. The van der Waals surface area contributed by atoms with Crippen LogP contribution in [0.5, 0.6) is 11.5 Å². The molecule has 13 heteroatoms. The van der Waals surface area contributed by atoms with Gasteiger partial charge in [0.1, 0.15) is 0 Å². The van der Waals surface area contributed by atoms with Crippen molar-refractivity contribution in [1.82, 2.24) is 15.0 Å². The summed E-state index contributed by atoms with van der Waals surface area (Å²) in [6.45, 7) is 1.75. The van der Waals surface area contributed by atoms with E-state index in [2.05, 4.69) is 35.7 Å². The number of nitro groups is 1. The molecule has 214 valence electrons. The fraction of sp³-hybridized carbons (Fsp3) is 0.207. The van der Waals surface area contributed by atoms with E-state index in [0.29, 0.717) is 23.2 Å². The number of para-hydroxylation sites is 1. The molecule has 0 radical (unpaired) electrons. The zero-order chi connectivity index (χ0) is 29.3. The molecule has 3 aromatic carbocycles. The molecular weight excluding hydrogens is 540 g/mol. The molecule has 0 saturated carbocycles. The van der Waals surface area contributed by atoms with E-state index in [1.54, 1.807) is 24.4 Å². The number of hydrazone groups is 1. The summed E-state index contributed by atoms with van der Waals surface area (Å²) in [6.07, 6.45) is 4.90. The molecule has 0 bridgehead atoms. The third kappa shape index (κ3) is 7.13. The number of anilines is 4. The van der Waals surface area contributed by atoms with E-state index >= 15 is 0 Å². The van der Waals surface area contributed by atoms with Crippen molar-refractivity contribution in [2.45, 2.75) is 19.3 Å². The van der Waals surface area contributed by atoms with Crippen LogP contribution >= 0.6 is 0 Å². The third-order valence-electron chi connectivity index (χ3n) is 6.37. The number of hydrogen-bond donors (Lipinski definition) is 2. The average Bonchev–Trinajstić information content (AvgIpc) is 3.02. The van der Waals surface area contributed by atoms with Crippen molar-refractivity contribution < 1.29 is 19.2 Å². The number of hydrogen-bond acceptors (Lipinski definition) is 12. The van der Waals surface area contributed by atoms with E-state index in [1.807, 2.05) is 30.3 Å². The van der Waals surface area contributed by atoms with Crippen LogP contribution in [0.4, 0.5) is 29.2 Å². The van der Waals surface area contributed by atoms with Crippen molar-refractivity contribution in [1.29, 1.82) is 0 Å². The maximum Gasteiger partial charge on any atom is 0.343 e. The number of nitrogens with one attached hydrogen (secondary N) is 2. The second-order valence-corrected chi connectivity index (χ2v) is 9.30. The number of methoxy groups -OCH3 is 1. The maximum absolute atomic E-state index is 12.6. The molecule has 1 aliphatic rings. The summed E-state index contributed by atoms with van der Waals surface area (Å²) in [7, 11) is 1.45. The summed E-state index contributed by atoms with van der Waals surface area (Å²) in [5, 5.41) is 18.4. The Morgan fingerprint density at radius 3 is 2.40 bits per heavy atom. The summed E-state index contributed by atoms with van der Waals surface area (Å²) in [6, 6.07) is 19.7. The van der Waals surface area contributed by atoms with E-state index in [1.165, 1.54) is 37.8 Å². The topological polar surface area (TPSA) is 157 Å². The lowest BCUT2D eigenvalue weighted by Gasteiger charge is -2.26. The van der Waals surface area contributed by atoms with Crippen LogP contribution in [0.3, 0.4) is 0 Å². The molecule has 13 nitrogen and oxygen atoms in total. The molecule has 2 N–H and O–H groups in total. The fourth-order valence-electron chi connectivity index (χ4n) is 4.25. The van der Waals surface area contributed by atoms with E-state index in [0.717, 1.165) is 31.6 Å². The van der Waals surface area contributed by atoms with Gasteiger partial charge in [-0.1, -0.05) is 18.2 Å². The zero-order valence-corrected chi connectivity index (χ0v) is 22.8. The number of nitro benzene ring substituents is 1. The molecule has 2 heterocycles. The summed E-state index contributed by atoms with van der Waals surface area (Å²) >= 11 is 0. The molecule has 0 unspecified atom stereocenters. The maximum atomic E-state index is 12.6. The number of nitrogens with zero attached hydrogens (tertiary/aromatic N) is 6. The molecule has 5 rings (SSSR count). The van der Waals surface area contributed by atoms with E-state index in [9.17, 15) is 14.9 Å². The second kappa shape index (κ2) is 13.2. The number of piperidine rings is 1. The number of benzene rings is 3. The van der Waals surface area contributed by atoms with Crippen LogP contribution in [0.25, 0.3) is 0 Å². The molecule has 0 amide bonds. The highest BCUT2D eigenvalue weighted by atomic mass is 16.6. The lowest BCUT2D eigenvalue weighted by molar-refractivity contribution is -0.384. The highest BCUT2D eigenvalue weighted by molar-refractivity contribution is 5.92. The fourth-order valence-corrected chi connectivity index (χ4v) is 4.25. The first kappa shape index (κ1) is 28.0. The number of aromatic nitrogens is 3. The number of carbonyl (C=O) groups excluding carboxylic acids is 1. The van der Waals surface area contributed by atoms with Crippen molar-refractivity contribution in [3.8, 4) is 11.5 Å². The molecular formula is C29H28N8O5. The average molecular weight is 569 g/mol. The van der Waals surface area contributed by atoms with Crippen molar-refractivity contribution in [3.05, 3.63) is 94.0 Å². The Labute approximate surface area is 241 Å². The zero-order valence-electron chi connectivity index (χ0n) is 22.8. The Kier molecular flexibility index (Phi) is 8.77. The first-order valence-electron chi connectivity index (χ1n) is 13.3. The number of esters is 1. The van der Waals surface area contributed by atoms with Gasteiger partial charge in [-0.2, -0.15) is 20.1 Å². The molecule has 0 spiro atoms. The molecule has 1 fully saturated rings. The second-order valence-electron chi connectivity index (χ2n) is 9.30. The number of rotatable bonds is 10. The molecule has 1 aliphatic heterocycles. The minimum absolute atomic E-state index is 0.120. The van der Waals surface area contributed by atoms with Crippen LogP contribution in [0.1, 0.15) is 35.2 Å². The predicted octanol–water partition coefficient (Wildman–Crippen LogP) is 5.19. The van der Waals surface area contributed by atoms with Gasteiger partial charge in [0.05, 0.1) is 23.8 Å². The van der Waals surface area contributed by atoms with Crippen LogP contribution in [-0.4, -0.2) is 52.3 Å². The number of carbonyl (C=O) groups is 1. The SMILES string of the molecule is COc1cc(/C=N\Nc2nc(Nc3ccccc3)nc(N3CCCCC3)n2)ccc1OC(=O)c1ccc([N+](=O)[O-])cc1. The normalized spacial score (nSPS) is 13.0. The monoisotopic (exact) mass is 568 g/mol. The lowest BCUT2D eigenvalue weighted by atomic mass is 10.1. The van der Waals surface area contributed by atoms with Crippen LogP contribution in [-0.2, 0) is 0 Å². The molecule has 1 aromatic heterocycles. The van der Waals surface area contributed by atoms with Gasteiger partial charge in [0.2, 0.25) is 17.8 Å². The molecule has 0 aliphatic carbocycles. The predicted molar refractivity (Wildman–Crippen MR) is 158 cm³/mol. The Bertz CT molecular complexity index is 1580. The van der Waals surface area contributed by atoms with E-state index < -0.39 is 10.9 Å². The van der Waals surface area contributed by atoms with Gasteiger partial charge >= 0.3 is 5.97 Å². The molecule has 42 heavy (non-hydrogen) atoms. The van der Waals surface area contributed by atoms with Gasteiger partial charge in [-0.05, 0) is 67.3 Å². The van der Waals surface area contributed by atoms with E-state index in [-0.39, 0.29) is 22.9 Å². The van der Waals surface area contributed by atoms with Crippen LogP contribution in [0.2, 0.25) is 0 Å². The van der Waals surface area contributed by atoms with Crippen molar-refractivity contribution >= 4 is 41.4 Å². The Morgan fingerprint density at radius 2 is 1.69 bits per heavy atom. The quantitative estimate of drug-likeness (QED) is 0.0853. The first-order chi connectivity index (χ1) is 20.5. The van der Waals surface area contributed by atoms with Crippen molar-refractivity contribution in [2.24, 2.45) is 5.10 Å². The first-order valence-corrected chi connectivity index (χ1v) is 13.3. The highest BCUT2D eigenvalue weighted by Crippen LogP contribution is 2.29. The van der Waals surface area contributed by atoms with Gasteiger partial charge in [-0.3, -0.25) is 10.1 Å². The van der Waals surface area contributed by atoms with Gasteiger partial charge in [-0.15, -0.1) is 0 Å². The van der Waals surface area contributed by atoms with Crippen LogP contribution in [0.15, 0.2) is 77.9 Å². The Morgan fingerprint density at radius 1 is 0.952 bits per heavy atom. The lowest BCUT2D eigenvalue weighted by Crippen LogP contribution is -2.31. The Hall–Kier alpha value is -5.59. The van der Waals surface area contributed by atoms with Gasteiger partial charge in [-0.25, -0.2) is 10.2 Å². The van der Waals surface area contributed by atoms with Crippen LogP contribution in [0, 0.1) is 10.1 Å². The smallest absolute Gasteiger partial charge is 0.343 e. The van der Waals surface area contributed by atoms with Crippen molar-refractivity contribution in [3.63, 3.8) is 0 Å². The minimum atomic E-state index is -0.675. The number of non-ortho nitro benzene ring substituents is 1. The highest BCUT2D eigenvalue weighted by Gasteiger charge is 2.17. The molecule has 4 aromatic rings. The standard InChI is InChI=1S/C29H28N8O5/c1-41-25-18-20(10-15-24(25)42-26(38)21-11-13-23(14-12-21)37(39)40)19-30-35-28-32-27(31-22-8-4-2-5-9-22)33-29(34-28)36-16-6-3-7-17-36/h2,4-5,8-15,18-19H,3,6-7,16-17H2,1H3,(H2,31,32,33,34,35)/b30-19-. The van der Waals surface area contributed by atoms with Gasteiger partial charge < -0.3 is 19.7 Å². The largest absolute Gasteiger partial charge is 0.493 e. The van der Waals surface area contributed by atoms with E-state index in [4.69, 9.17) is 9.47 Å². The van der Waals surface area contributed by atoms with Crippen molar-refractivity contribution in [2.75, 3.05) is 35.8 Å². The summed E-state index contributed by atoms with van der Waals surface area (Å²) in [4.78, 5) is 38.7. The Balaban J connectivity index is 1.29. The van der Waals surface area contributed by atoms with Gasteiger partial charge in [0.15, 0.2) is 11.5 Å². The van der Waals surface area contributed by atoms with Crippen LogP contribution < -0.4 is 25.1 Å². The summed E-state index contributed by atoms with van der Waals surface area (Å²) in [5.74, 6) is 1.06. The van der Waals surface area contributed by atoms with Gasteiger partial charge in [0, 0.05) is 30.9 Å². The minimum Gasteiger partial charge on any atom is -0.493 e. The molecule has 0 atom stereocenters. The third-order valence-corrected chi connectivity index (χ3v) is 6.37. The van der Waals surface area contributed by atoms with Gasteiger partial charge in [0.25, 0.3) is 5.69 Å².